The Morgan fingerprint density at radius 3 is 1.93 bits per heavy atom. The highest BCUT2D eigenvalue weighted by molar-refractivity contribution is 7.85. The maximum atomic E-state index is 10.6. The Hall–Kier alpha value is -0.420. The van der Waals surface area contributed by atoms with Gasteiger partial charge < -0.3 is 4.79 Å². The van der Waals surface area contributed by atoms with Crippen LogP contribution in [0.25, 0.3) is 0 Å². The van der Waals surface area contributed by atoms with Crippen LogP contribution >= 0.6 is 0 Å². The lowest BCUT2D eigenvalue weighted by atomic mass is 10.1. The number of ketones is 1. The van der Waals surface area contributed by atoms with Crippen LogP contribution in [0.4, 0.5) is 0 Å². The Bertz CT molecular complexity index is 269. The molecule has 5 heteroatoms. The first-order valence-electron chi connectivity index (χ1n) is 5.36. The third kappa shape index (κ3) is 13.6. The summed E-state index contributed by atoms with van der Waals surface area (Å²) in [5, 5.41) is 0. The molecule has 0 saturated carbocycles. The predicted octanol–water partition coefficient (Wildman–Crippen LogP) is 2.19. The minimum Gasteiger partial charge on any atom is -0.300 e. The van der Waals surface area contributed by atoms with Crippen LogP contribution in [0.1, 0.15) is 51.9 Å². The Morgan fingerprint density at radius 1 is 1.00 bits per heavy atom. The summed E-state index contributed by atoms with van der Waals surface area (Å²) >= 11 is 0. The lowest BCUT2D eigenvalue weighted by Crippen LogP contribution is -2.03. The van der Waals surface area contributed by atoms with E-state index in [0.717, 1.165) is 32.1 Å². The fourth-order valence-electron chi connectivity index (χ4n) is 1.37. The summed E-state index contributed by atoms with van der Waals surface area (Å²) < 4.78 is 29.2. The molecule has 0 aliphatic rings. The average molecular weight is 236 g/mol. The van der Waals surface area contributed by atoms with Gasteiger partial charge in [0.25, 0.3) is 10.1 Å². The van der Waals surface area contributed by atoms with Gasteiger partial charge in [-0.3, -0.25) is 4.55 Å². The third-order valence-electron chi connectivity index (χ3n) is 2.18. The predicted molar refractivity (Wildman–Crippen MR) is 59.4 cm³/mol. The molecule has 0 rings (SSSR count). The lowest BCUT2D eigenvalue weighted by Gasteiger charge is -2.00. The fourth-order valence-corrected chi connectivity index (χ4v) is 1.93. The summed E-state index contributed by atoms with van der Waals surface area (Å²) in [6, 6.07) is 0. The highest BCUT2D eigenvalue weighted by atomic mass is 32.2. The molecular formula is C10H20O4S. The van der Waals surface area contributed by atoms with Gasteiger partial charge in [0.1, 0.15) is 5.78 Å². The van der Waals surface area contributed by atoms with Crippen LogP contribution in [0, 0.1) is 0 Å². The minimum absolute atomic E-state index is 0.138. The van der Waals surface area contributed by atoms with Gasteiger partial charge in [0.2, 0.25) is 0 Å². The van der Waals surface area contributed by atoms with Crippen molar-refractivity contribution in [2.45, 2.75) is 51.9 Å². The van der Waals surface area contributed by atoms with Gasteiger partial charge in [-0.1, -0.05) is 25.7 Å². The summed E-state index contributed by atoms with van der Waals surface area (Å²) in [4.78, 5) is 10.6. The van der Waals surface area contributed by atoms with Gasteiger partial charge in [-0.2, -0.15) is 8.42 Å². The van der Waals surface area contributed by atoms with Crippen molar-refractivity contribution in [3.63, 3.8) is 0 Å². The molecule has 0 aliphatic carbocycles. The standard InChI is InChI=1S/C10H20O4S/c1-10(11)8-6-4-2-3-5-7-9-15(12,13)14/h2-9H2,1H3,(H,12,13,14). The molecule has 1 N–H and O–H groups in total. The van der Waals surface area contributed by atoms with Crippen molar-refractivity contribution in [3.05, 3.63) is 0 Å². The van der Waals surface area contributed by atoms with Crippen LogP contribution in [0.15, 0.2) is 0 Å². The molecule has 0 bridgehead atoms. The van der Waals surface area contributed by atoms with Gasteiger partial charge in [-0.05, 0) is 19.8 Å². The summed E-state index contributed by atoms with van der Waals surface area (Å²) in [5.74, 6) is 0.0850. The molecule has 0 aliphatic heterocycles. The first-order chi connectivity index (χ1) is 6.92. The Labute approximate surface area is 91.8 Å². The van der Waals surface area contributed by atoms with Crippen molar-refractivity contribution in [2.75, 3.05) is 5.75 Å². The first-order valence-corrected chi connectivity index (χ1v) is 6.97. The van der Waals surface area contributed by atoms with Gasteiger partial charge in [-0.15, -0.1) is 0 Å². The number of carbonyl (C=O) groups excluding carboxylic acids is 1. The van der Waals surface area contributed by atoms with Gasteiger partial charge in [0.05, 0.1) is 5.75 Å². The summed E-state index contributed by atoms with van der Waals surface area (Å²) in [6.45, 7) is 1.59. The quantitative estimate of drug-likeness (QED) is 0.492. The molecule has 0 amide bonds. The van der Waals surface area contributed by atoms with Gasteiger partial charge in [-0.25, -0.2) is 0 Å². The van der Waals surface area contributed by atoms with E-state index < -0.39 is 10.1 Å². The van der Waals surface area contributed by atoms with Gasteiger partial charge >= 0.3 is 0 Å². The monoisotopic (exact) mass is 236 g/mol. The van der Waals surface area contributed by atoms with Crippen LogP contribution in [-0.4, -0.2) is 24.5 Å². The van der Waals surface area contributed by atoms with Crippen LogP contribution in [-0.2, 0) is 14.9 Å². The third-order valence-corrected chi connectivity index (χ3v) is 2.99. The molecule has 0 aromatic rings. The smallest absolute Gasteiger partial charge is 0.264 e. The van der Waals surface area contributed by atoms with Gasteiger partial charge in [0, 0.05) is 6.42 Å². The molecule has 90 valence electrons. The highest BCUT2D eigenvalue weighted by Crippen LogP contribution is 2.07. The second-order valence-corrected chi connectivity index (χ2v) is 5.43. The number of hydrogen-bond donors (Lipinski definition) is 1. The molecule has 0 saturated heterocycles. The SMILES string of the molecule is CC(=O)CCCCCCCCS(=O)(=O)O. The summed E-state index contributed by atoms with van der Waals surface area (Å²) in [6.07, 6.45) is 5.92. The molecule has 0 aromatic heterocycles. The second-order valence-electron chi connectivity index (χ2n) is 3.86. The van der Waals surface area contributed by atoms with E-state index in [4.69, 9.17) is 4.55 Å². The largest absolute Gasteiger partial charge is 0.300 e. The van der Waals surface area contributed by atoms with Crippen LogP contribution in [0.3, 0.4) is 0 Å². The molecule has 4 nitrogen and oxygen atoms in total. The van der Waals surface area contributed by atoms with Crippen molar-refractivity contribution in [1.82, 2.24) is 0 Å². The number of Topliss-reactive ketones (excluding diaryl/α,β-unsaturated/α-hetero) is 1. The van der Waals surface area contributed by atoms with E-state index in [2.05, 4.69) is 0 Å². The maximum absolute atomic E-state index is 10.6. The van der Waals surface area contributed by atoms with Crippen LogP contribution < -0.4 is 0 Å². The normalized spacial score (nSPS) is 11.6. The molecule has 0 radical (unpaired) electrons. The summed E-state index contributed by atoms with van der Waals surface area (Å²) in [5.41, 5.74) is 0. The van der Waals surface area contributed by atoms with Crippen LogP contribution in [0.5, 0.6) is 0 Å². The van der Waals surface area contributed by atoms with E-state index in [1.807, 2.05) is 0 Å². The number of rotatable bonds is 9. The average Bonchev–Trinajstić information content (AvgIpc) is 2.07. The minimum atomic E-state index is -3.78. The molecule has 15 heavy (non-hydrogen) atoms. The zero-order valence-corrected chi connectivity index (χ0v) is 10.1. The van der Waals surface area contributed by atoms with Crippen molar-refractivity contribution in [2.24, 2.45) is 0 Å². The molecule has 0 unspecified atom stereocenters. The van der Waals surface area contributed by atoms with E-state index in [0.29, 0.717) is 12.8 Å². The van der Waals surface area contributed by atoms with E-state index in [1.54, 1.807) is 6.92 Å². The molecule has 0 heterocycles. The second kappa shape index (κ2) is 7.82. The van der Waals surface area contributed by atoms with Crippen molar-refractivity contribution in [1.29, 1.82) is 0 Å². The molecule has 0 fully saturated rings. The number of hydrogen-bond acceptors (Lipinski definition) is 3. The fraction of sp³-hybridized carbons (Fsp3) is 0.900. The van der Waals surface area contributed by atoms with E-state index in [1.165, 1.54) is 0 Å². The lowest BCUT2D eigenvalue weighted by molar-refractivity contribution is -0.117. The number of carbonyl (C=O) groups is 1. The first kappa shape index (κ1) is 14.6. The topological polar surface area (TPSA) is 71.4 Å². The van der Waals surface area contributed by atoms with E-state index >= 15 is 0 Å². The molecule has 0 atom stereocenters. The Morgan fingerprint density at radius 2 is 1.47 bits per heavy atom. The van der Waals surface area contributed by atoms with Gasteiger partial charge in [0.15, 0.2) is 0 Å². The van der Waals surface area contributed by atoms with Crippen molar-refractivity contribution in [3.8, 4) is 0 Å². The number of unbranched alkanes of at least 4 members (excludes halogenated alkanes) is 5. The Kier molecular flexibility index (Phi) is 7.60. The molecule has 0 aromatic carbocycles. The maximum Gasteiger partial charge on any atom is 0.264 e. The van der Waals surface area contributed by atoms with Crippen molar-refractivity contribution >= 4 is 15.9 Å². The Balaban J connectivity index is 3.16. The summed E-state index contributed by atoms with van der Waals surface area (Å²) in [7, 11) is -3.78. The highest BCUT2D eigenvalue weighted by Gasteiger charge is 2.02. The zero-order chi connectivity index (χ0) is 11.7. The van der Waals surface area contributed by atoms with E-state index in [9.17, 15) is 13.2 Å². The van der Waals surface area contributed by atoms with Crippen molar-refractivity contribution < 1.29 is 17.8 Å². The molecule has 0 spiro atoms. The van der Waals surface area contributed by atoms with E-state index in [-0.39, 0.29) is 11.5 Å². The van der Waals surface area contributed by atoms with Crippen LogP contribution in [0.2, 0.25) is 0 Å². The molecular weight excluding hydrogens is 216 g/mol. The zero-order valence-electron chi connectivity index (χ0n) is 9.24.